The molecule has 0 fully saturated rings. The average Bonchev–Trinajstić information content (AvgIpc) is 2.32. The molecule has 1 aromatic rings. The summed E-state index contributed by atoms with van der Waals surface area (Å²) in [7, 11) is 2.07. The van der Waals surface area contributed by atoms with Crippen molar-refractivity contribution in [1.29, 1.82) is 0 Å². The van der Waals surface area contributed by atoms with Gasteiger partial charge in [-0.25, -0.2) is 0 Å². The van der Waals surface area contributed by atoms with Gasteiger partial charge in [0.1, 0.15) is 0 Å². The Labute approximate surface area is 105 Å². The maximum atomic E-state index is 4.46. The van der Waals surface area contributed by atoms with Crippen LogP contribution in [0.1, 0.15) is 25.0 Å². The van der Waals surface area contributed by atoms with Crippen LogP contribution in [-0.2, 0) is 6.54 Å². The van der Waals surface area contributed by atoms with Gasteiger partial charge >= 0.3 is 0 Å². The van der Waals surface area contributed by atoms with E-state index in [0.717, 1.165) is 25.6 Å². The first kappa shape index (κ1) is 13.6. The first-order chi connectivity index (χ1) is 8.17. The summed E-state index contributed by atoms with van der Waals surface area (Å²) in [6.07, 6.45) is 0. The van der Waals surface area contributed by atoms with Crippen molar-refractivity contribution in [3.8, 4) is 0 Å². The van der Waals surface area contributed by atoms with Crippen LogP contribution in [0.15, 0.2) is 29.3 Å². The number of nitrogens with zero attached hydrogens (tertiary/aromatic N) is 2. The summed E-state index contributed by atoms with van der Waals surface area (Å²) < 4.78 is 0. The van der Waals surface area contributed by atoms with Crippen LogP contribution in [0.4, 0.5) is 0 Å². The summed E-state index contributed by atoms with van der Waals surface area (Å²) in [6, 6.07) is 8.63. The number of guanidine groups is 1. The Hall–Kier alpha value is -1.51. The fourth-order valence-corrected chi connectivity index (χ4v) is 1.66. The molecule has 0 heterocycles. The molecule has 0 unspecified atom stereocenters. The summed E-state index contributed by atoms with van der Waals surface area (Å²) in [5.74, 6) is 0.968. The Kier molecular flexibility index (Phi) is 5.53. The second-order valence-corrected chi connectivity index (χ2v) is 4.17. The molecule has 0 aliphatic rings. The molecule has 0 saturated heterocycles. The smallest absolute Gasteiger partial charge is 0.193 e. The topological polar surface area (TPSA) is 27.6 Å². The molecule has 0 radical (unpaired) electrons. The minimum absolute atomic E-state index is 0.806. The standard InChI is InChI=1S/C14H23N3/c1-5-15-14(16-6-2)17(4)11-13-9-7-12(3)8-10-13/h7-10H,5-6,11H2,1-4H3,(H,15,16). The largest absolute Gasteiger partial charge is 0.357 e. The van der Waals surface area contributed by atoms with E-state index in [1.54, 1.807) is 0 Å². The maximum Gasteiger partial charge on any atom is 0.193 e. The maximum absolute atomic E-state index is 4.46. The van der Waals surface area contributed by atoms with Gasteiger partial charge in [0.25, 0.3) is 0 Å². The van der Waals surface area contributed by atoms with Gasteiger partial charge in [-0.2, -0.15) is 0 Å². The van der Waals surface area contributed by atoms with Gasteiger partial charge in [0.05, 0.1) is 0 Å². The highest BCUT2D eigenvalue weighted by Gasteiger charge is 2.05. The van der Waals surface area contributed by atoms with Crippen LogP contribution in [0.25, 0.3) is 0 Å². The Bertz CT molecular complexity index is 354. The second-order valence-electron chi connectivity index (χ2n) is 4.17. The lowest BCUT2D eigenvalue weighted by Crippen LogP contribution is -2.38. The van der Waals surface area contributed by atoms with Gasteiger partial charge in [-0.1, -0.05) is 29.8 Å². The van der Waals surface area contributed by atoms with E-state index in [9.17, 15) is 0 Å². The van der Waals surface area contributed by atoms with E-state index in [1.807, 2.05) is 0 Å². The number of hydrogen-bond donors (Lipinski definition) is 1. The lowest BCUT2D eigenvalue weighted by molar-refractivity contribution is 0.477. The Balaban J connectivity index is 2.66. The molecule has 0 spiro atoms. The minimum Gasteiger partial charge on any atom is -0.357 e. The third kappa shape index (κ3) is 4.47. The Morgan fingerprint density at radius 1 is 1.24 bits per heavy atom. The lowest BCUT2D eigenvalue weighted by atomic mass is 10.1. The van der Waals surface area contributed by atoms with Crippen LogP contribution < -0.4 is 5.32 Å². The van der Waals surface area contributed by atoms with Crippen LogP contribution in [0.2, 0.25) is 0 Å². The van der Waals surface area contributed by atoms with Crippen LogP contribution in [0.5, 0.6) is 0 Å². The number of aryl methyl sites for hydroxylation is 1. The second kappa shape index (κ2) is 6.94. The number of rotatable bonds is 4. The van der Waals surface area contributed by atoms with Crippen molar-refractivity contribution in [3.63, 3.8) is 0 Å². The van der Waals surface area contributed by atoms with E-state index in [4.69, 9.17) is 0 Å². The van der Waals surface area contributed by atoms with Crippen LogP contribution >= 0.6 is 0 Å². The Morgan fingerprint density at radius 3 is 2.41 bits per heavy atom. The molecule has 0 saturated carbocycles. The monoisotopic (exact) mass is 233 g/mol. The number of aliphatic imine (C=N–C) groups is 1. The summed E-state index contributed by atoms with van der Waals surface area (Å²) in [6.45, 7) is 8.84. The molecule has 94 valence electrons. The quantitative estimate of drug-likeness (QED) is 0.639. The van der Waals surface area contributed by atoms with Crippen molar-refractivity contribution < 1.29 is 0 Å². The van der Waals surface area contributed by atoms with E-state index in [0.29, 0.717) is 0 Å². The van der Waals surface area contributed by atoms with Crippen molar-refractivity contribution in [1.82, 2.24) is 10.2 Å². The summed E-state index contributed by atoms with van der Waals surface area (Å²) in [5, 5.41) is 3.29. The van der Waals surface area contributed by atoms with Crippen molar-refractivity contribution in [2.45, 2.75) is 27.3 Å². The predicted molar refractivity (Wildman–Crippen MR) is 74.3 cm³/mol. The Morgan fingerprint density at radius 2 is 1.88 bits per heavy atom. The summed E-state index contributed by atoms with van der Waals surface area (Å²) in [4.78, 5) is 6.61. The number of benzene rings is 1. The van der Waals surface area contributed by atoms with E-state index >= 15 is 0 Å². The average molecular weight is 233 g/mol. The highest BCUT2D eigenvalue weighted by Crippen LogP contribution is 2.05. The van der Waals surface area contributed by atoms with Gasteiger partial charge in [-0.15, -0.1) is 0 Å². The number of hydrogen-bond acceptors (Lipinski definition) is 1. The van der Waals surface area contributed by atoms with Gasteiger partial charge in [-0.3, -0.25) is 4.99 Å². The van der Waals surface area contributed by atoms with Crippen molar-refractivity contribution in [3.05, 3.63) is 35.4 Å². The van der Waals surface area contributed by atoms with Gasteiger partial charge in [0, 0.05) is 26.7 Å². The third-order valence-corrected chi connectivity index (χ3v) is 2.54. The molecule has 0 atom stereocenters. The molecule has 0 bridgehead atoms. The number of nitrogens with one attached hydrogen (secondary N) is 1. The molecule has 1 N–H and O–H groups in total. The molecule has 3 nitrogen and oxygen atoms in total. The summed E-state index contributed by atoms with van der Waals surface area (Å²) >= 11 is 0. The molecular formula is C14H23N3. The molecule has 0 aliphatic heterocycles. The fourth-order valence-electron chi connectivity index (χ4n) is 1.66. The lowest BCUT2D eigenvalue weighted by Gasteiger charge is -2.22. The molecule has 0 amide bonds. The SMILES string of the molecule is CCN=C(NCC)N(C)Cc1ccc(C)cc1. The fraction of sp³-hybridized carbons (Fsp3) is 0.500. The van der Waals surface area contributed by atoms with Gasteiger partial charge < -0.3 is 10.2 Å². The normalized spacial score (nSPS) is 11.4. The van der Waals surface area contributed by atoms with Crippen molar-refractivity contribution in [2.75, 3.05) is 20.1 Å². The first-order valence-corrected chi connectivity index (χ1v) is 6.22. The van der Waals surface area contributed by atoms with Crippen molar-refractivity contribution in [2.24, 2.45) is 4.99 Å². The van der Waals surface area contributed by atoms with E-state index in [-0.39, 0.29) is 0 Å². The van der Waals surface area contributed by atoms with E-state index in [1.165, 1.54) is 11.1 Å². The third-order valence-electron chi connectivity index (χ3n) is 2.54. The van der Waals surface area contributed by atoms with Crippen LogP contribution in [0.3, 0.4) is 0 Å². The van der Waals surface area contributed by atoms with Gasteiger partial charge in [0.15, 0.2) is 5.96 Å². The molecule has 17 heavy (non-hydrogen) atoms. The van der Waals surface area contributed by atoms with E-state index < -0.39 is 0 Å². The van der Waals surface area contributed by atoms with E-state index in [2.05, 4.69) is 67.3 Å². The zero-order valence-corrected chi connectivity index (χ0v) is 11.3. The predicted octanol–water partition coefficient (Wildman–Crippen LogP) is 2.41. The zero-order chi connectivity index (χ0) is 12.7. The molecule has 0 aromatic heterocycles. The highest BCUT2D eigenvalue weighted by molar-refractivity contribution is 5.79. The molecule has 3 heteroatoms. The highest BCUT2D eigenvalue weighted by atomic mass is 15.3. The van der Waals surface area contributed by atoms with Crippen molar-refractivity contribution >= 4 is 5.96 Å². The first-order valence-electron chi connectivity index (χ1n) is 6.22. The van der Waals surface area contributed by atoms with Crippen LogP contribution in [-0.4, -0.2) is 31.0 Å². The van der Waals surface area contributed by atoms with Crippen LogP contribution in [0, 0.1) is 6.92 Å². The zero-order valence-electron chi connectivity index (χ0n) is 11.3. The molecule has 1 rings (SSSR count). The summed E-state index contributed by atoms with van der Waals surface area (Å²) in [5.41, 5.74) is 2.60. The van der Waals surface area contributed by atoms with Gasteiger partial charge in [-0.05, 0) is 26.3 Å². The minimum atomic E-state index is 0.806. The van der Waals surface area contributed by atoms with Gasteiger partial charge in [0.2, 0.25) is 0 Å². The molecular weight excluding hydrogens is 210 g/mol. The molecule has 0 aliphatic carbocycles. The molecule has 1 aromatic carbocycles.